The Labute approximate surface area is 330 Å². The first-order valence-corrected chi connectivity index (χ1v) is 20.8. The van der Waals surface area contributed by atoms with Crippen LogP contribution in [0.3, 0.4) is 0 Å². The average molecular weight is 835 g/mol. The van der Waals surface area contributed by atoms with E-state index in [1.54, 1.807) is 0 Å². The summed E-state index contributed by atoms with van der Waals surface area (Å²) in [6.45, 7) is 11.9. The number of nitrogens with zero attached hydrogens (tertiary/aromatic N) is 4. The molecule has 2 heterocycles. The second-order valence-corrected chi connectivity index (χ2v) is 17.0. The number of aliphatic carboxylic acids is 1. The molecule has 0 saturated heterocycles. The fourth-order valence-corrected chi connectivity index (χ4v) is 6.08. The zero-order valence-electron chi connectivity index (χ0n) is 31.9. The lowest BCUT2D eigenvalue weighted by molar-refractivity contribution is -0.146. The fraction of sp³-hybridized carbons (Fsp3) is 0.571. The first-order chi connectivity index (χ1) is 25.7. The molecule has 0 fully saturated rings. The molecule has 1 aromatic carbocycles. The predicted molar refractivity (Wildman–Crippen MR) is 209 cm³/mol. The van der Waals surface area contributed by atoms with Crippen molar-refractivity contribution in [3.05, 3.63) is 39.4 Å². The summed E-state index contributed by atoms with van der Waals surface area (Å²) in [5.74, 6) is -2.57. The molecule has 2 aliphatic rings. The van der Waals surface area contributed by atoms with Crippen molar-refractivity contribution < 1.29 is 47.6 Å². The summed E-state index contributed by atoms with van der Waals surface area (Å²) in [5.41, 5.74) is 5.66. The number of hydrogen-bond donors (Lipinski definition) is 5. The Morgan fingerprint density at radius 3 is 2.18 bits per heavy atom. The molecule has 2 aromatic rings. The highest BCUT2D eigenvalue weighted by Gasteiger charge is 2.41. The van der Waals surface area contributed by atoms with Crippen molar-refractivity contribution in [2.45, 2.75) is 97.6 Å². The molecule has 4 rings (SSSR count). The number of esters is 1. The Kier molecular flexibility index (Phi) is 18.9. The molecule has 0 spiro atoms. The summed E-state index contributed by atoms with van der Waals surface area (Å²) in [6.07, 6.45) is 5.40. The van der Waals surface area contributed by atoms with Crippen LogP contribution in [0.1, 0.15) is 86.0 Å². The molecule has 0 radical (unpaired) electrons. The first-order valence-electron chi connectivity index (χ1n) is 17.8. The van der Waals surface area contributed by atoms with Gasteiger partial charge >= 0.3 is 11.9 Å². The number of halogens is 3. The topological polar surface area (TPSA) is 236 Å². The minimum absolute atomic E-state index is 0.000883. The number of benzene rings is 1. The van der Waals surface area contributed by atoms with E-state index in [2.05, 4.69) is 25.6 Å². The Balaban J connectivity index is 0.000000335. The van der Waals surface area contributed by atoms with Crippen molar-refractivity contribution in [1.82, 2.24) is 15.0 Å². The monoisotopic (exact) mass is 833 g/mol. The maximum atomic E-state index is 14.5. The number of hydrogen-bond acceptors (Lipinski definition) is 13. The Bertz CT molecular complexity index is 1730. The quantitative estimate of drug-likeness (QED) is 0.0582. The van der Waals surface area contributed by atoms with Crippen molar-refractivity contribution in [3.63, 3.8) is 0 Å². The van der Waals surface area contributed by atoms with Crippen LogP contribution < -0.4 is 26.0 Å². The van der Waals surface area contributed by atoms with Gasteiger partial charge in [0.1, 0.15) is 17.6 Å². The van der Waals surface area contributed by atoms with Gasteiger partial charge in [-0.15, -0.1) is 0 Å². The molecule has 55 heavy (non-hydrogen) atoms. The smallest absolute Gasteiger partial charge is 0.344 e. The maximum absolute atomic E-state index is 14.5. The van der Waals surface area contributed by atoms with E-state index in [9.17, 15) is 28.1 Å². The molecule has 306 valence electrons. The van der Waals surface area contributed by atoms with Gasteiger partial charge in [-0.3, -0.25) is 18.9 Å². The predicted octanol–water partition coefficient (Wildman–Crippen LogP) is 6.19. The number of rotatable bonds is 15. The van der Waals surface area contributed by atoms with Gasteiger partial charge in [0.25, 0.3) is 11.8 Å². The van der Waals surface area contributed by atoms with Gasteiger partial charge in [0, 0.05) is 42.1 Å². The van der Waals surface area contributed by atoms with Crippen LogP contribution in [0, 0.1) is 5.82 Å². The Hall–Kier alpha value is -3.89. The second-order valence-electron chi connectivity index (χ2n) is 13.7. The van der Waals surface area contributed by atoms with Gasteiger partial charge in [-0.1, -0.05) is 31.4 Å². The fourth-order valence-electron chi connectivity index (χ4n) is 4.96. The van der Waals surface area contributed by atoms with Gasteiger partial charge in [-0.05, 0) is 83.9 Å². The summed E-state index contributed by atoms with van der Waals surface area (Å²) in [6, 6.07) is 1.11. The number of nitrogens with one attached hydrogen (secondary N) is 2. The SMILES string of the molecule is CCCCCOC(=O)COc1cc(N2C(=O)C3=C(CCCC3)C2=O)c(F)cc1Cl.CCNc1nc(Cl)nc(NC(C)(C)C)n1.CP(=O)(O)CCC(N)C(=O)O. The maximum Gasteiger partial charge on any atom is 0.344 e. The van der Waals surface area contributed by atoms with Gasteiger partial charge in [0.15, 0.2) is 14.0 Å². The Morgan fingerprint density at radius 1 is 1.05 bits per heavy atom. The zero-order chi connectivity index (χ0) is 41.5. The number of carbonyl (C=O) groups excluding carboxylic acids is 3. The van der Waals surface area contributed by atoms with E-state index in [-0.39, 0.29) is 39.9 Å². The van der Waals surface area contributed by atoms with Crippen molar-refractivity contribution >= 4 is 71.9 Å². The first kappa shape index (κ1) is 47.3. The molecule has 1 aliphatic carbocycles. The summed E-state index contributed by atoms with van der Waals surface area (Å²) in [7, 11) is -3.10. The van der Waals surface area contributed by atoms with E-state index in [1.807, 2.05) is 34.6 Å². The number of nitrogens with two attached hydrogens (primary N) is 1. The number of amides is 2. The van der Waals surface area contributed by atoms with Gasteiger partial charge in [-0.2, -0.15) is 15.0 Å². The van der Waals surface area contributed by atoms with Crippen molar-refractivity contribution in [1.29, 1.82) is 0 Å². The summed E-state index contributed by atoms with van der Waals surface area (Å²) >= 11 is 11.8. The van der Waals surface area contributed by atoms with E-state index in [0.717, 1.165) is 49.6 Å². The highest BCUT2D eigenvalue weighted by atomic mass is 35.5. The molecule has 0 saturated carbocycles. The van der Waals surface area contributed by atoms with Crippen LogP contribution >= 0.6 is 30.6 Å². The molecule has 1 aromatic heterocycles. The van der Waals surface area contributed by atoms with E-state index >= 15 is 0 Å². The summed E-state index contributed by atoms with van der Waals surface area (Å²) in [5, 5.41) is 14.5. The van der Waals surface area contributed by atoms with Gasteiger partial charge in [0.05, 0.1) is 17.3 Å². The molecular weight excluding hydrogens is 783 g/mol. The van der Waals surface area contributed by atoms with E-state index < -0.39 is 49.6 Å². The third-order valence-corrected chi connectivity index (χ3v) is 9.14. The summed E-state index contributed by atoms with van der Waals surface area (Å²) in [4.78, 5) is 68.9. The number of imide groups is 1. The van der Waals surface area contributed by atoms with Crippen molar-refractivity contribution in [2.75, 3.05) is 48.1 Å². The molecule has 20 heteroatoms. The molecular formula is C35H51Cl2FN7O9P. The minimum Gasteiger partial charge on any atom is -0.480 e. The lowest BCUT2D eigenvalue weighted by atomic mass is 9.93. The third kappa shape index (κ3) is 16.4. The van der Waals surface area contributed by atoms with Crippen LogP contribution in [0.25, 0.3) is 0 Å². The van der Waals surface area contributed by atoms with Crippen LogP contribution in [0.4, 0.5) is 22.0 Å². The second kappa shape index (κ2) is 22.0. The number of carboxylic acid groups (broad SMARTS) is 1. The summed E-state index contributed by atoms with van der Waals surface area (Å²) < 4.78 is 35.6. The van der Waals surface area contributed by atoms with Crippen LogP contribution in [0.5, 0.6) is 5.75 Å². The number of carboxylic acids is 1. The van der Waals surface area contributed by atoms with Crippen LogP contribution in [-0.4, -0.2) is 92.9 Å². The van der Waals surface area contributed by atoms with Crippen LogP contribution in [-0.2, 0) is 28.5 Å². The number of anilines is 3. The molecule has 16 nitrogen and oxygen atoms in total. The lowest BCUT2D eigenvalue weighted by Crippen LogP contribution is -2.32. The molecule has 2 unspecified atom stereocenters. The highest BCUT2D eigenvalue weighted by molar-refractivity contribution is 7.57. The van der Waals surface area contributed by atoms with Gasteiger partial charge < -0.3 is 35.8 Å². The van der Waals surface area contributed by atoms with E-state index in [4.69, 9.17) is 48.4 Å². The van der Waals surface area contributed by atoms with Crippen molar-refractivity contribution in [2.24, 2.45) is 5.73 Å². The van der Waals surface area contributed by atoms with Crippen LogP contribution in [0.2, 0.25) is 10.3 Å². The number of unbranched alkanes of at least 4 members (excludes halogenated alkanes) is 2. The normalized spacial score (nSPS) is 15.4. The largest absolute Gasteiger partial charge is 0.480 e. The molecule has 1 aliphatic heterocycles. The van der Waals surface area contributed by atoms with Gasteiger partial charge in [-0.25, -0.2) is 14.1 Å². The third-order valence-electron chi connectivity index (χ3n) is 7.59. The average Bonchev–Trinajstić information content (AvgIpc) is 3.33. The van der Waals surface area contributed by atoms with Crippen molar-refractivity contribution in [3.8, 4) is 5.75 Å². The lowest BCUT2D eigenvalue weighted by Gasteiger charge is -2.20. The molecule has 0 bridgehead atoms. The van der Waals surface area contributed by atoms with Gasteiger partial charge in [0.2, 0.25) is 17.2 Å². The number of ether oxygens (including phenoxy) is 2. The van der Waals surface area contributed by atoms with Crippen LogP contribution in [0.15, 0.2) is 23.3 Å². The minimum atomic E-state index is -3.10. The Morgan fingerprint density at radius 2 is 1.65 bits per heavy atom. The standard InChI is InChI=1S/C21H23ClFNO5.C9H16ClN5.C5H12NO4P/c1-2-3-6-9-28-19(25)12-29-18-11-17(16(23)10-15(18)22)24-20(26)13-7-4-5-8-14(13)21(24)27;1-5-11-7-12-6(10)13-8(14-7)15-9(2,3)4;1-11(9,10)3-2-4(6)5(7)8/h10-11H,2-9,12H2,1H3;5H2,1-4H3,(H2,11,12,13,14,15);4H,2-3,6H2,1H3,(H,7,8)(H,9,10). The number of aromatic nitrogens is 3. The molecule has 2 atom stereocenters. The van der Waals surface area contributed by atoms with E-state index in [0.29, 0.717) is 42.5 Å². The zero-order valence-corrected chi connectivity index (χ0v) is 34.3. The van der Waals surface area contributed by atoms with E-state index in [1.165, 1.54) is 12.7 Å². The molecule has 6 N–H and O–H groups in total. The number of carbonyl (C=O) groups is 4. The highest BCUT2D eigenvalue weighted by Crippen LogP contribution is 2.39. The molecule has 2 amide bonds.